The van der Waals surface area contributed by atoms with Gasteiger partial charge in [-0.05, 0) is 13.3 Å². The number of carbonyl (C=O) groups is 2. The Bertz CT molecular complexity index is 753. The van der Waals surface area contributed by atoms with Gasteiger partial charge in [0.15, 0.2) is 0 Å². The standard InChI is InChI=1S/C16H16N4O2/c1-9-13(19-14(17-9)10-5-3-2-4-6-10)16(22)20-8-11-7-12(20)15(21)18-11/h2-6,11-12H,7-8H2,1H3,(H,17,19)(H,18,21)/t11-,12-/m0/s1. The van der Waals surface area contributed by atoms with Crippen molar-refractivity contribution in [3.8, 4) is 11.4 Å². The molecular formula is C16H16N4O2. The second kappa shape index (κ2) is 4.69. The summed E-state index contributed by atoms with van der Waals surface area (Å²) in [5.41, 5.74) is 2.07. The molecule has 2 atom stereocenters. The summed E-state index contributed by atoms with van der Waals surface area (Å²) in [4.78, 5) is 33.7. The van der Waals surface area contributed by atoms with Crippen molar-refractivity contribution in [2.24, 2.45) is 0 Å². The van der Waals surface area contributed by atoms with E-state index in [1.54, 1.807) is 4.90 Å². The van der Waals surface area contributed by atoms with Crippen molar-refractivity contribution in [2.75, 3.05) is 6.54 Å². The molecule has 2 aliphatic heterocycles. The van der Waals surface area contributed by atoms with Crippen molar-refractivity contribution < 1.29 is 9.59 Å². The molecule has 1 aromatic carbocycles. The van der Waals surface area contributed by atoms with Crippen molar-refractivity contribution in [1.29, 1.82) is 0 Å². The number of nitrogens with one attached hydrogen (secondary N) is 2. The first-order valence-corrected chi connectivity index (χ1v) is 7.37. The number of benzene rings is 1. The fourth-order valence-corrected chi connectivity index (χ4v) is 3.25. The van der Waals surface area contributed by atoms with E-state index in [-0.39, 0.29) is 23.9 Å². The first-order valence-electron chi connectivity index (χ1n) is 7.37. The largest absolute Gasteiger partial charge is 0.350 e. The van der Waals surface area contributed by atoms with Crippen molar-refractivity contribution >= 4 is 11.8 Å². The highest BCUT2D eigenvalue weighted by Crippen LogP contribution is 2.27. The molecule has 2 amide bonds. The van der Waals surface area contributed by atoms with E-state index in [4.69, 9.17) is 0 Å². The van der Waals surface area contributed by atoms with Gasteiger partial charge < -0.3 is 15.2 Å². The van der Waals surface area contributed by atoms with Gasteiger partial charge in [-0.1, -0.05) is 30.3 Å². The number of aromatic nitrogens is 2. The SMILES string of the molecule is Cc1[nH]c(-c2ccccc2)nc1C(=O)N1C[C@@H]2C[C@H]1C(=O)N2. The van der Waals surface area contributed by atoms with Gasteiger partial charge in [0.2, 0.25) is 5.91 Å². The number of fused-ring (bicyclic) bond motifs is 2. The van der Waals surface area contributed by atoms with Gasteiger partial charge in [0.1, 0.15) is 17.6 Å². The zero-order chi connectivity index (χ0) is 15.3. The van der Waals surface area contributed by atoms with E-state index < -0.39 is 0 Å². The molecule has 0 saturated carbocycles. The lowest BCUT2D eigenvalue weighted by atomic mass is 10.2. The topological polar surface area (TPSA) is 78.1 Å². The number of aryl methyl sites for hydroxylation is 1. The third-order valence-corrected chi connectivity index (χ3v) is 4.35. The Kier molecular flexibility index (Phi) is 2.79. The van der Waals surface area contributed by atoms with Gasteiger partial charge in [-0.15, -0.1) is 0 Å². The van der Waals surface area contributed by atoms with Crippen LogP contribution in [0.25, 0.3) is 11.4 Å². The Balaban J connectivity index is 1.65. The number of likely N-dealkylation sites (tertiary alicyclic amines) is 1. The minimum Gasteiger partial charge on any atom is -0.350 e. The van der Waals surface area contributed by atoms with Gasteiger partial charge in [-0.2, -0.15) is 0 Å². The molecule has 0 aliphatic carbocycles. The fourth-order valence-electron chi connectivity index (χ4n) is 3.25. The summed E-state index contributed by atoms with van der Waals surface area (Å²) < 4.78 is 0. The van der Waals surface area contributed by atoms with Gasteiger partial charge in [-0.25, -0.2) is 4.98 Å². The van der Waals surface area contributed by atoms with Crippen LogP contribution in [-0.2, 0) is 4.79 Å². The summed E-state index contributed by atoms with van der Waals surface area (Å²) in [5.74, 6) is 0.453. The summed E-state index contributed by atoms with van der Waals surface area (Å²) in [6, 6.07) is 9.43. The molecule has 2 N–H and O–H groups in total. The zero-order valence-corrected chi connectivity index (χ0v) is 12.2. The van der Waals surface area contributed by atoms with E-state index >= 15 is 0 Å². The third-order valence-electron chi connectivity index (χ3n) is 4.35. The summed E-state index contributed by atoms with van der Waals surface area (Å²) in [6.45, 7) is 2.41. The molecular weight excluding hydrogens is 280 g/mol. The first kappa shape index (κ1) is 13.1. The number of H-pyrrole nitrogens is 1. The molecule has 2 saturated heterocycles. The van der Waals surface area contributed by atoms with Crippen LogP contribution in [0, 0.1) is 6.92 Å². The number of imidazole rings is 1. The normalized spacial score (nSPS) is 23.0. The highest BCUT2D eigenvalue weighted by atomic mass is 16.2. The Morgan fingerprint density at radius 1 is 1.32 bits per heavy atom. The van der Waals surface area contributed by atoms with Crippen LogP contribution < -0.4 is 5.32 Å². The number of aromatic amines is 1. The molecule has 1 aromatic heterocycles. The van der Waals surface area contributed by atoms with Crippen LogP contribution in [0.2, 0.25) is 0 Å². The highest BCUT2D eigenvalue weighted by molar-refractivity contribution is 5.99. The lowest BCUT2D eigenvalue weighted by molar-refractivity contribution is -0.124. The molecule has 112 valence electrons. The van der Waals surface area contributed by atoms with Gasteiger partial charge in [0.05, 0.1) is 0 Å². The first-order chi connectivity index (χ1) is 10.6. The Labute approximate surface area is 127 Å². The smallest absolute Gasteiger partial charge is 0.275 e. The summed E-state index contributed by atoms with van der Waals surface area (Å²) in [5, 5.41) is 2.87. The fraction of sp³-hybridized carbons (Fsp3) is 0.312. The van der Waals surface area contributed by atoms with Gasteiger partial charge in [0, 0.05) is 23.8 Å². The Morgan fingerprint density at radius 2 is 2.09 bits per heavy atom. The number of hydrogen-bond acceptors (Lipinski definition) is 3. The molecule has 22 heavy (non-hydrogen) atoms. The van der Waals surface area contributed by atoms with Crippen molar-refractivity contribution in [1.82, 2.24) is 20.2 Å². The maximum Gasteiger partial charge on any atom is 0.275 e. The summed E-state index contributed by atoms with van der Waals surface area (Å²) in [7, 11) is 0. The maximum absolute atomic E-state index is 12.7. The number of amides is 2. The Morgan fingerprint density at radius 3 is 2.77 bits per heavy atom. The van der Waals surface area contributed by atoms with Crippen LogP contribution in [0.1, 0.15) is 22.6 Å². The third kappa shape index (κ3) is 1.91. The van der Waals surface area contributed by atoms with Gasteiger partial charge in [-0.3, -0.25) is 9.59 Å². The number of rotatable bonds is 2. The average molecular weight is 296 g/mol. The number of carbonyl (C=O) groups excluding carboxylic acids is 2. The highest BCUT2D eigenvalue weighted by Gasteiger charge is 2.46. The predicted octanol–water partition coefficient (Wildman–Crippen LogP) is 1.10. The van der Waals surface area contributed by atoms with Crippen LogP contribution in [0.5, 0.6) is 0 Å². The monoisotopic (exact) mass is 296 g/mol. The minimum atomic E-state index is -0.339. The maximum atomic E-state index is 12.7. The summed E-state index contributed by atoms with van der Waals surface area (Å²) in [6.07, 6.45) is 0.708. The van der Waals surface area contributed by atoms with E-state index in [2.05, 4.69) is 15.3 Å². The molecule has 0 unspecified atom stereocenters. The van der Waals surface area contributed by atoms with E-state index in [1.165, 1.54) is 0 Å². The lowest BCUT2D eigenvalue weighted by Crippen LogP contribution is -2.50. The number of piperazine rings is 1. The van der Waals surface area contributed by atoms with Gasteiger partial charge in [0.25, 0.3) is 5.91 Å². The summed E-state index contributed by atoms with van der Waals surface area (Å²) >= 11 is 0. The lowest BCUT2D eigenvalue weighted by Gasteiger charge is -2.25. The van der Waals surface area contributed by atoms with Crippen molar-refractivity contribution in [3.05, 3.63) is 41.7 Å². The molecule has 0 spiro atoms. The van der Waals surface area contributed by atoms with Crippen LogP contribution in [-0.4, -0.2) is 45.3 Å². The minimum absolute atomic E-state index is 0.0546. The van der Waals surface area contributed by atoms with Crippen LogP contribution in [0.15, 0.2) is 30.3 Å². The van der Waals surface area contributed by atoms with Crippen LogP contribution in [0.4, 0.5) is 0 Å². The van der Waals surface area contributed by atoms with E-state index in [0.29, 0.717) is 24.5 Å². The van der Waals surface area contributed by atoms with Crippen molar-refractivity contribution in [3.63, 3.8) is 0 Å². The number of nitrogens with zero attached hydrogens (tertiary/aromatic N) is 2. The van der Waals surface area contributed by atoms with Crippen LogP contribution >= 0.6 is 0 Å². The Hall–Kier alpha value is -2.63. The quantitative estimate of drug-likeness (QED) is 0.871. The zero-order valence-electron chi connectivity index (χ0n) is 12.2. The molecule has 0 radical (unpaired) electrons. The molecule has 6 nitrogen and oxygen atoms in total. The van der Waals surface area contributed by atoms with Gasteiger partial charge >= 0.3 is 0 Å². The second-order valence-electron chi connectivity index (χ2n) is 5.84. The van der Waals surface area contributed by atoms with E-state index in [9.17, 15) is 9.59 Å². The predicted molar refractivity (Wildman–Crippen MR) is 80.1 cm³/mol. The molecule has 2 fully saturated rings. The molecule has 6 heteroatoms. The average Bonchev–Trinajstić information content (AvgIpc) is 3.20. The molecule has 4 rings (SSSR count). The van der Waals surface area contributed by atoms with Crippen LogP contribution in [0.3, 0.4) is 0 Å². The van der Waals surface area contributed by atoms with E-state index in [0.717, 1.165) is 11.3 Å². The molecule has 2 aromatic rings. The molecule has 2 aliphatic rings. The number of hydrogen-bond donors (Lipinski definition) is 2. The molecule has 3 heterocycles. The second-order valence-corrected chi connectivity index (χ2v) is 5.84. The van der Waals surface area contributed by atoms with E-state index in [1.807, 2.05) is 37.3 Å². The molecule has 2 bridgehead atoms. The van der Waals surface area contributed by atoms with Crippen molar-refractivity contribution in [2.45, 2.75) is 25.4 Å².